The van der Waals surface area contributed by atoms with Crippen molar-refractivity contribution in [1.82, 2.24) is 16.1 Å². The van der Waals surface area contributed by atoms with Crippen LogP contribution in [0.4, 0.5) is 0 Å². The van der Waals surface area contributed by atoms with E-state index < -0.39 is 17.9 Å². The minimum absolute atomic E-state index is 0.224. The summed E-state index contributed by atoms with van der Waals surface area (Å²) in [5.74, 6) is 0.609. The number of halogens is 2. The van der Waals surface area contributed by atoms with Gasteiger partial charge in [0.25, 0.3) is 5.91 Å². The molecule has 1 amide bonds. The molecule has 0 saturated carbocycles. The number of nitrogens with zero attached hydrogens (tertiary/aromatic N) is 1. The van der Waals surface area contributed by atoms with Crippen LogP contribution in [0.5, 0.6) is 17.2 Å². The molecule has 0 spiro atoms. The lowest BCUT2D eigenvalue weighted by Crippen LogP contribution is -2.45. The van der Waals surface area contributed by atoms with E-state index in [1.54, 1.807) is 45.2 Å². The maximum atomic E-state index is 12.8. The quantitative estimate of drug-likeness (QED) is 0.0716. The van der Waals surface area contributed by atoms with Crippen molar-refractivity contribution in [2.75, 3.05) is 20.3 Å². The fraction of sp³-hybridized carbons (Fsp3) is 0.226. The minimum Gasteiger partial charge on any atom is -0.493 e. The van der Waals surface area contributed by atoms with E-state index in [1.165, 1.54) is 6.21 Å². The van der Waals surface area contributed by atoms with Crippen molar-refractivity contribution in [3.8, 4) is 17.2 Å². The average Bonchev–Trinajstić information content (AvgIpc) is 3.00. The zero-order chi connectivity index (χ0) is 31.6. The molecule has 0 fully saturated rings. The van der Waals surface area contributed by atoms with Gasteiger partial charge in [-0.2, -0.15) is 5.10 Å². The number of thiocarbonyl (C=S) groups is 1. The SMILES string of the molecule is CCOC(=O)C1=C(C)NC(=S)N[C@@H]1c1ccccc1OCC(=O)NN=Cc1cc(I)c(OCc2ccc(Br)cc2)c(OC)c1. The van der Waals surface area contributed by atoms with E-state index in [0.29, 0.717) is 51.4 Å². The molecule has 0 radical (unpaired) electrons. The molecule has 10 nitrogen and oxygen atoms in total. The van der Waals surface area contributed by atoms with Gasteiger partial charge in [0, 0.05) is 15.7 Å². The first-order chi connectivity index (χ1) is 21.2. The lowest BCUT2D eigenvalue weighted by Gasteiger charge is -2.30. The number of rotatable bonds is 12. The Morgan fingerprint density at radius 1 is 1.11 bits per heavy atom. The Hall–Kier alpha value is -3.69. The Balaban J connectivity index is 1.39. The predicted molar refractivity (Wildman–Crippen MR) is 183 cm³/mol. The molecule has 3 N–H and O–H groups in total. The van der Waals surface area contributed by atoms with Crippen LogP contribution in [-0.4, -0.2) is 43.5 Å². The van der Waals surface area contributed by atoms with Gasteiger partial charge in [0.1, 0.15) is 12.4 Å². The number of hydrogen-bond donors (Lipinski definition) is 3. The first-order valence-corrected chi connectivity index (χ1v) is 15.7. The number of allylic oxidation sites excluding steroid dienone is 1. The number of ether oxygens (including phenoxy) is 4. The van der Waals surface area contributed by atoms with Crippen molar-refractivity contribution in [1.29, 1.82) is 0 Å². The van der Waals surface area contributed by atoms with Gasteiger partial charge in [0.2, 0.25) is 0 Å². The molecule has 230 valence electrons. The summed E-state index contributed by atoms with van der Waals surface area (Å²) in [7, 11) is 1.56. The van der Waals surface area contributed by atoms with Gasteiger partial charge >= 0.3 is 5.97 Å². The molecule has 1 aliphatic heterocycles. The summed E-state index contributed by atoms with van der Waals surface area (Å²) in [4.78, 5) is 25.4. The van der Waals surface area contributed by atoms with Gasteiger partial charge in [0.05, 0.1) is 35.1 Å². The molecule has 0 unspecified atom stereocenters. The fourth-order valence-electron chi connectivity index (χ4n) is 4.30. The van der Waals surface area contributed by atoms with Crippen LogP contribution in [-0.2, 0) is 20.9 Å². The van der Waals surface area contributed by atoms with E-state index in [9.17, 15) is 9.59 Å². The van der Waals surface area contributed by atoms with E-state index in [2.05, 4.69) is 59.7 Å². The maximum absolute atomic E-state index is 12.8. The summed E-state index contributed by atoms with van der Waals surface area (Å²) in [6.45, 7) is 3.78. The number of benzene rings is 3. The largest absolute Gasteiger partial charge is 0.493 e. The van der Waals surface area contributed by atoms with Crippen LogP contribution in [0.1, 0.15) is 36.6 Å². The second-order valence-corrected chi connectivity index (χ2v) is 11.8. The second kappa shape index (κ2) is 15.9. The van der Waals surface area contributed by atoms with Crippen LogP contribution in [0.15, 0.2) is 81.5 Å². The molecular weight excluding hydrogens is 763 g/mol. The van der Waals surface area contributed by atoms with E-state index in [4.69, 9.17) is 31.2 Å². The zero-order valence-electron chi connectivity index (χ0n) is 24.1. The molecule has 44 heavy (non-hydrogen) atoms. The number of carbonyl (C=O) groups excluding carboxylic acids is 2. The van der Waals surface area contributed by atoms with Crippen LogP contribution in [0.3, 0.4) is 0 Å². The molecule has 1 aliphatic rings. The Labute approximate surface area is 282 Å². The van der Waals surface area contributed by atoms with Gasteiger partial charge in [0.15, 0.2) is 23.2 Å². The van der Waals surface area contributed by atoms with Gasteiger partial charge in [-0.3, -0.25) is 4.79 Å². The van der Waals surface area contributed by atoms with Crippen molar-refractivity contribution in [2.24, 2.45) is 5.10 Å². The van der Waals surface area contributed by atoms with E-state index in [1.807, 2.05) is 36.4 Å². The summed E-state index contributed by atoms with van der Waals surface area (Å²) in [6, 6.07) is 18.0. The lowest BCUT2D eigenvalue weighted by atomic mass is 9.95. The number of esters is 1. The topological polar surface area (TPSA) is 120 Å². The summed E-state index contributed by atoms with van der Waals surface area (Å²) in [5.41, 5.74) is 5.78. The van der Waals surface area contributed by atoms with Crippen molar-refractivity contribution in [3.63, 3.8) is 0 Å². The number of amides is 1. The van der Waals surface area contributed by atoms with Gasteiger partial charge < -0.3 is 29.6 Å². The number of hydrazone groups is 1. The summed E-state index contributed by atoms with van der Waals surface area (Å²) in [6.07, 6.45) is 1.51. The van der Waals surface area contributed by atoms with Crippen molar-refractivity contribution in [3.05, 3.63) is 96.7 Å². The molecule has 1 atom stereocenters. The third kappa shape index (κ3) is 8.70. The standard InChI is InChI=1S/C31H30BrIN4O6S/c1-4-41-30(39)27-18(2)35-31(44)36-28(27)22-7-5-6-8-24(22)42-17-26(38)37-34-15-20-13-23(33)29(25(14-20)40-3)43-16-19-9-11-21(32)12-10-19/h5-15,28H,4,16-17H2,1-3H3,(H,37,38)(H2,35,36,44)/t28-/m1/s1. The number of nitrogens with one attached hydrogen (secondary N) is 3. The van der Waals surface area contributed by atoms with E-state index in [-0.39, 0.29) is 13.2 Å². The summed E-state index contributed by atoms with van der Waals surface area (Å²) >= 11 is 10.9. The highest BCUT2D eigenvalue weighted by Crippen LogP contribution is 2.35. The van der Waals surface area contributed by atoms with Crippen LogP contribution < -0.4 is 30.3 Å². The number of carbonyl (C=O) groups is 2. The molecule has 1 heterocycles. The maximum Gasteiger partial charge on any atom is 0.338 e. The monoisotopic (exact) mass is 792 g/mol. The van der Waals surface area contributed by atoms with Gasteiger partial charge in [-0.25, -0.2) is 10.2 Å². The Bertz CT molecular complexity index is 1600. The third-order valence-corrected chi connectivity index (χ3v) is 7.85. The highest BCUT2D eigenvalue weighted by atomic mass is 127. The molecule has 3 aromatic carbocycles. The number of methoxy groups -OCH3 is 1. The van der Waals surface area contributed by atoms with Crippen molar-refractivity contribution < 1.29 is 28.5 Å². The molecule has 0 saturated heterocycles. The van der Waals surface area contributed by atoms with Crippen LogP contribution >= 0.6 is 50.7 Å². The van der Waals surface area contributed by atoms with Gasteiger partial charge in [-0.1, -0.05) is 46.3 Å². The van der Waals surface area contributed by atoms with Crippen LogP contribution in [0.2, 0.25) is 0 Å². The van der Waals surface area contributed by atoms with Gasteiger partial charge in [-0.15, -0.1) is 0 Å². The summed E-state index contributed by atoms with van der Waals surface area (Å²) < 4.78 is 24.5. The predicted octanol–water partition coefficient (Wildman–Crippen LogP) is 5.53. The summed E-state index contributed by atoms with van der Waals surface area (Å²) in [5, 5.41) is 10.5. The number of hydrogen-bond acceptors (Lipinski definition) is 8. The smallest absolute Gasteiger partial charge is 0.338 e. The minimum atomic E-state index is -0.626. The highest BCUT2D eigenvalue weighted by molar-refractivity contribution is 14.1. The molecule has 0 aromatic heterocycles. The molecule has 4 rings (SSSR count). The van der Waals surface area contributed by atoms with E-state index in [0.717, 1.165) is 13.6 Å². The average molecular weight is 793 g/mol. The Kier molecular flexibility index (Phi) is 12.0. The first kappa shape index (κ1) is 33.2. The second-order valence-electron chi connectivity index (χ2n) is 9.36. The molecule has 13 heteroatoms. The zero-order valence-corrected chi connectivity index (χ0v) is 28.7. The van der Waals surface area contributed by atoms with E-state index >= 15 is 0 Å². The molecule has 3 aromatic rings. The Morgan fingerprint density at radius 3 is 2.59 bits per heavy atom. The lowest BCUT2D eigenvalue weighted by molar-refractivity contribution is -0.139. The normalized spacial score (nSPS) is 14.5. The van der Waals surface area contributed by atoms with Crippen molar-refractivity contribution in [2.45, 2.75) is 26.5 Å². The first-order valence-electron chi connectivity index (χ1n) is 13.4. The molecular formula is C31H30BrIN4O6S. The van der Waals surface area contributed by atoms with Crippen LogP contribution in [0, 0.1) is 3.57 Å². The molecule has 0 aliphatic carbocycles. The van der Waals surface area contributed by atoms with Crippen LogP contribution in [0.25, 0.3) is 0 Å². The van der Waals surface area contributed by atoms with Crippen molar-refractivity contribution >= 4 is 73.9 Å². The Morgan fingerprint density at radius 2 is 1.86 bits per heavy atom. The molecule has 0 bridgehead atoms. The van der Waals surface area contributed by atoms with Gasteiger partial charge in [-0.05, 0) is 90.1 Å². The fourth-order valence-corrected chi connectivity index (χ4v) is 5.62. The highest BCUT2D eigenvalue weighted by Gasteiger charge is 2.32. The number of para-hydroxylation sites is 1. The third-order valence-electron chi connectivity index (χ3n) is 6.30.